The third kappa shape index (κ3) is 2.45. The van der Waals surface area contributed by atoms with Crippen LogP contribution in [0.15, 0.2) is 66.7 Å². The van der Waals surface area contributed by atoms with Crippen LogP contribution in [-0.4, -0.2) is 19.2 Å². The van der Waals surface area contributed by atoms with Gasteiger partial charge in [0.2, 0.25) is 0 Å². The summed E-state index contributed by atoms with van der Waals surface area (Å²) in [6.45, 7) is 0. The normalized spacial score (nSPS) is 11.3. The molecule has 5 aromatic rings. The smallest absolute Gasteiger partial charge is 0.132 e. The van der Waals surface area contributed by atoms with Gasteiger partial charge in [0.15, 0.2) is 0 Å². The molecule has 132 valence electrons. The van der Waals surface area contributed by atoms with Gasteiger partial charge in [-0.2, -0.15) is 0 Å². The molecule has 0 saturated carbocycles. The SMILES string of the molecule is COc1cc(OC)c2c(c1)nc(-c1ccccc1)c1sc3ccccc3c12. The van der Waals surface area contributed by atoms with Gasteiger partial charge in [-0.1, -0.05) is 48.5 Å². The third-order valence-corrected chi connectivity index (χ3v) is 6.03. The van der Waals surface area contributed by atoms with E-state index >= 15 is 0 Å². The topological polar surface area (TPSA) is 31.4 Å². The first-order chi connectivity index (χ1) is 13.3. The Morgan fingerprint density at radius 2 is 1.59 bits per heavy atom. The second-order valence-corrected chi connectivity index (χ2v) is 7.40. The van der Waals surface area contributed by atoms with Gasteiger partial charge in [0.1, 0.15) is 11.5 Å². The summed E-state index contributed by atoms with van der Waals surface area (Å²) < 4.78 is 13.6. The molecule has 5 rings (SSSR count). The van der Waals surface area contributed by atoms with Gasteiger partial charge in [-0.25, -0.2) is 4.98 Å². The van der Waals surface area contributed by atoms with E-state index in [1.54, 1.807) is 25.6 Å². The summed E-state index contributed by atoms with van der Waals surface area (Å²) >= 11 is 1.78. The van der Waals surface area contributed by atoms with Crippen LogP contribution < -0.4 is 9.47 Å². The summed E-state index contributed by atoms with van der Waals surface area (Å²) in [7, 11) is 3.36. The van der Waals surface area contributed by atoms with Crippen molar-refractivity contribution in [1.82, 2.24) is 4.98 Å². The lowest BCUT2D eigenvalue weighted by Crippen LogP contribution is -1.93. The summed E-state index contributed by atoms with van der Waals surface area (Å²) in [4.78, 5) is 5.04. The van der Waals surface area contributed by atoms with Crippen molar-refractivity contribution in [2.24, 2.45) is 0 Å². The molecule has 3 aromatic carbocycles. The largest absolute Gasteiger partial charge is 0.497 e. The van der Waals surface area contributed by atoms with Crippen molar-refractivity contribution >= 4 is 42.4 Å². The van der Waals surface area contributed by atoms with Crippen molar-refractivity contribution < 1.29 is 9.47 Å². The zero-order valence-electron chi connectivity index (χ0n) is 15.0. The van der Waals surface area contributed by atoms with Crippen LogP contribution in [0.25, 0.3) is 42.3 Å². The van der Waals surface area contributed by atoms with Crippen molar-refractivity contribution in [2.75, 3.05) is 14.2 Å². The van der Waals surface area contributed by atoms with Gasteiger partial charge in [0.05, 0.1) is 35.5 Å². The molecular formula is C23H17NO2S. The number of benzene rings is 3. The standard InChI is InChI=1S/C23H17NO2S/c1-25-15-12-17-21(18(13-15)26-2)20-16-10-6-7-11-19(16)27-23(20)22(24-17)14-8-4-3-5-9-14/h3-13H,1-2H3. The third-order valence-electron chi connectivity index (χ3n) is 4.85. The van der Waals surface area contributed by atoms with Crippen LogP contribution in [0.1, 0.15) is 0 Å². The number of ether oxygens (including phenoxy) is 2. The Bertz CT molecular complexity index is 1290. The maximum Gasteiger partial charge on any atom is 0.132 e. The first kappa shape index (κ1) is 16.1. The summed E-state index contributed by atoms with van der Waals surface area (Å²) in [6.07, 6.45) is 0. The van der Waals surface area contributed by atoms with Crippen LogP contribution in [0.4, 0.5) is 0 Å². The first-order valence-electron chi connectivity index (χ1n) is 8.72. The number of hydrogen-bond donors (Lipinski definition) is 0. The summed E-state index contributed by atoms with van der Waals surface area (Å²) in [5.74, 6) is 1.52. The van der Waals surface area contributed by atoms with Crippen molar-refractivity contribution in [2.45, 2.75) is 0 Å². The number of nitrogens with zero attached hydrogens (tertiary/aromatic N) is 1. The number of rotatable bonds is 3. The molecule has 2 heterocycles. The molecule has 0 atom stereocenters. The highest BCUT2D eigenvalue weighted by Gasteiger charge is 2.19. The lowest BCUT2D eigenvalue weighted by Gasteiger charge is -2.12. The maximum absolute atomic E-state index is 5.73. The highest BCUT2D eigenvalue weighted by atomic mass is 32.1. The van der Waals surface area contributed by atoms with Crippen molar-refractivity contribution in [1.29, 1.82) is 0 Å². The predicted octanol–water partition coefficient (Wildman–Crippen LogP) is 6.29. The van der Waals surface area contributed by atoms with Gasteiger partial charge in [0, 0.05) is 33.2 Å². The van der Waals surface area contributed by atoms with Gasteiger partial charge in [-0.3, -0.25) is 0 Å². The van der Waals surface area contributed by atoms with Crippen molar-refractivity contribution in [3.05, 3.63) is 66.7 Å². The Kier molecular flexibility index (Phi) is 3.73. The minimum atomic E-state index is 0.741. The maximum atomic E-state index is 5.73. The number of hydrogen-bond acceptors (Lipinski definition) is 4. The molecule has 0 fully saturated rings. The number of pyridine rings is 1. The van der Waals surface area contributed by atoms with E-state index in [2.05, 4.69) is 36.4 Å². The summed E-state index contributed by atoms with van der Waals surface area (Å²) in [5.41, 5.74) is 2.98. The second-order valence-electron chi connectivity index (χ2n) is 6.35. The molecule has 0 aliphatic rings. The van der Waals surface area contributed by atoms with Crippen LogP contribution in [0.5, 0.6) is 11.5 Å². The van der Waals surface area contributed by atoms with Crippen LogP contribution in [0.3, 0.4) is 0 Å². The fourth-order valence-electron chi connectivity index (χ4n) is 3.62. The molecule has 3 nitrogen and oxygen atoms in total. The van der Waals surface area contributed by atoms with E-state index < -0.39 is 0 Å². The Balaban J connectivity index is 2.04. The average Bonchev–Trinajstić information content (AvgIpc) is 3.12. The molecule has 0 bridgehead atoms. The molecule has 4 heteroatoms. The molecule has 0 N–H and O–H groups in total. The van der Waals surface area contributed by atoms with E-state index in [0.717, 1.165) is 33.7 Å². The Labute approximate surface area is 160 Å². The van der Waals surface area contributed by atoms with Crippen LogP contribution in [-0.2, 0) is 0 Å². The van der Waals surface area contributed by atoms with Gasteiger partial charge in [-0.05, 0) is 6.07 Å². The lowest BCUT2D eigenvalue weighted by molar-refractivity contribution is 0.398. The monoisotopic (exact) mass is 371 g/mol. The highest BCUT2D eigenvalue weighted by molar-refractivity contribution is 7.26. The van der Waals surface area contributed by atoms with Crippen molar-refractivity contribution in [3.8, 4) is 22.8 Å². The van der Waals surface area contributed by atoms with Crippen molar-refractivity contribution in [3.63, 3.8) is 0 Å². The molecule has 0 aliphatic heterocycles. The molecular weight excluding hydrogens is 354 g/mol. The molecule has 0 aliphatic carbocycles. The van der Waals surface area contributed by atoms with E-state index in [0.29, 0.717) is 0 Å². The molecule has 2 aromatic heterocycles. The van der Waals surface area contributed by atoms with E-state index in [1.165, 1.54) is 20.2 Å². The fraction of sp³-hybridized carbons (Fsp3) is 0.0870. The zero-order chi connectivity index (χ0) is 18.4. The molecule has 0 amide bonds. The van der Waals surface area contributed by atoms with Gasteiger partial charge in [0.25, 0.3) is 0 Å². The minimum Gasteiger partial charge on any atom is -0.497 e. The number of aromatic nitrogens is 1. The number of thiophene rings is 1. The van der Waals surface area contributed by atoms with Gasteiger partial charge < -0.3 is 9.47 Å². The molecule has 0 unspecified atom stereocenters. The number of fused-ring (bicyclic) bond motifs is 5. The van der Waals surface area contributed by atoms with Crippen LogP contribution in [0.2, 0.25) is 0 Å². The van der Waals surface area contributed by atoms with Crippen LogP contribution >= 0.6 is 11.3 Å². The summed E-state index contributed by atoms with van der Waals surface area (Å²) in [6, 6.07) is 22.7. The van der Waals surface area contributed by atoms with Gasteiger partial charge >= 0.3 is 0 Å². The molecule has 0 spiro atoms. The first-order valence-corrected chi connectivity index (χ1v) is 9.54. The lowest BCUT2D eigenvalue weighted by atomic mass is 10.0. The summed E-state index contributed by atoms with van der Waals surface area (Å²) in [5, 5.41) is 3.45. The average molecular weight is 371 g/mol. The molecule has 27 heavy (non-hydrogen) atoms. The second kappa shape index (κ2) is 6.25. The number of methoxy groups -OCH3 is 2. The Morgan fingerprint density at radius 1 is 0.815 bits per heavy atom. The quantitative estimate of drug-likeness (QED) is 0.374. The van der Waals surface area contributed by atoms with E-state index in [9.17, 15) is 0 Å². The minimum absolute atomic E-state index is 0.741. The van der Waals surface area contributed by atoms with E-state index in [-0.39, 0.29) is 0 Å². The molecule has 0 saturated heterocycles. The Hall–Kier alpha value is -3.11. The van der Waals surface area contributed by atoms with E-state index in [4.69, 9.17) is 14.5 Å². The predicted molar refractivity (Wildman–Crippen MR) is 113 cm³/mol. The van der Waals surface area contributed by atoms with Crippen LogP contribution in [0, 0.1) is 0 Å². The fourth-order valence-corrected chi connectivity index (χ4v) is 4.84. The van der Waals surface area contributed by atoms with E-state index in [1.807, 2.05) is 30.3 Å². The Morgan fingerprint density at radius 3 is 2.37 bits per heavy atom. The molecule has 0 radical (unpaired) electrons. The van der Waals surface area contributed by atoms with Gasteiger partial charge in [-0.15, -0.1) is 11.3 Å². The highest BCUT2D eigenvalue weighted by Crippen LogP contribution is 2.46. The zero-order valence-corrected chi connectivity index (χ0v) is 15.8.